The van der Waals surface area contributed by atoms with E-state index in [1.54, 1.807) is 14.0 Å². The normalized spacial score (nSPS) is 13.9. The Kier molecular flexibility index (Phi) is 4.93. The number of anilines is 1. The highest BCUT2D eigenvalue weighted by atomic mass is 16.4. The third kappa shape index (κ3) is 3.38. The molecule has 1 amide bonds. The number of aryl methyl sites for hydroxylation is 1. The topological polar surface area (TPSA) is 57.6 Å². The van der Waals surface area contributed by atoms with Gasteiger partial charge >= 0.3 is 5.97 Å². The number of carboxylic acids is 1. The number of nitrogens with zero attached hydrogens (tertiary/aromatic N) is 1. The van der Waals surface area contributed by atoms with E-state index in [1.165, 1.54) is 4.90 Å². The summed E-state index contributed by atoms with van der Waals surface area (Å²) in [6.45, 7) is 7.24. The molecule has 4 heteroatoms. The number of amides is 1. The summed E-state index contributed by atoms with van der Waals surface area (Å²) in [5, 5.41) is 9.38. The molecule has 110 valence electrons. The minimum absolute atomic E-state index is 0.00948. The van der Waals surface area contributed by atoms with Crippen LogP contribution >= 0.6 is 0 Å². The van der Waals surface area contributed by atoms with E-state index in [9.17, 15) is 14.7 Å². The largest absolute Gasteiger partial charge is 0.481 e. The van der Waals surface area contributed by atoms with Gasteiger partial charge in [0.05, 0.1) is 5.41 Å². The van der Waals surface area contributed by atoms with Crippen LogP contribution in [0, 0.1) is 18.3 Å². The highest BCUT2D eigenvalue weighted by molar-refractivity contribution is 5.95. The summed E-state index contributed by atoms with van der Waals surface area (Å²) < 4.78 is 0. The summed E-state index contributed by atoms with van der Waals surface area (Å²) >= 11 is 0. The summed E-state index contributed by atoms with van der Waals surface area (Å²) in [6, 6.07) is 7.59. The SMILES string of the molecule is Cc1cccc(N(C)C(=O)CC(C)(C(=O)O)C(C)C)c1. The highest BCUT2D eigenvalue weighted by Crippen LogP contribution is 2.32. The second-order valence-electron chi connectivity index (χ2n) is 5.85. The molecule has 1 unspecified atom stereocenters. The predicted molar refractivity (Wildman–Crippen MR) is 79.8 cm³/mol. The Hall–Kier alpha value is -1.84. The molecule has 1 atom stereocenters. The fraction of sp³-hybridized carbons (Fsp3) is 0.500. The Morgan fingerprint density at radius 2 is 1.95 bits per heavy atom. The Morgan fingerprint density at radius 3 is 2.40 bits per heavy atom. The van der Waals surface area contributed by atoms with Crippen molar-refractivity contribution in [3.8, 4) is 0 Å². The third-order valence-corrected chi connectivity index (χ3v) is 4.04. The van der Waals surface area contributed by atoms with Crippen molar-refractivity contribution in [2.75, 3.05) is 11.9 Å². The van der Waals surface area contributed by atoms with Crippen molar-refractivity contribution >= 4 is 17.6 Å². The van der Waals surface area contributed by atoms with E-state index in [2.05, 4.69) is 0 Å². The number of rotatable bonds is 5. The van der Waals surface area contributed by atoms with Gasteiger partial charge in [-0.1, -0.05) is 26.0 Å². The van der Waals surface area contributed by atoms with Crippen LogP contribution in [0.5, 0.6) is 0 Å². The van der Waals surface area contributed by atoms with E-state index in [1.807, 2.05) is 45.0 Å². The summed E-state index contributed by atoms with van der Waals surface area (Å²) in [5.74, 6) is -1.23. The van der Waals surface area contributed by atoms with Gasteiger partial charge in [0.2, 0.25) is 5.91 Å². The molecule has 0 saturated carbocycles. The number of carbonyl (C=O) groups excluding carboxylic acids is 1. The maximum Gasteiger partial charge on any atom is 0.310 e. The molecule has 1 rings (SSSR count). The molecule has 0 aliphatic heterocycles. The highest BCUT2D eigenvalue weighted by Gasteiger charge is 2.39. The van der Waals surface area contributed by atoms with Crippen molar-refractivity contribution in [2.24, 2.45) is 11.3 Å². The minimum atomic E-state index is -1.05. The Labute approximate surface area is 120 Å². The van der Waals surface area contributed by atoms with E-state index < -0.39 is 11.4 Å². The first-order valence-corrected chi connectivity index (χ1v) is 6.75. The number of hydrogen-bond donors (Lipinski definition) is 1. The molecule has 0 aliphatic carbocycles. The van der Waals surface area contributed by atoms with Gasteiger partial charge in [-0.3, -0.25) is 9.59 Å². The van der Waals surface area contributed by atoms with Crippen molar-refractivity contribution < 1.29 is 14.7 Å². The summed E-state index contributed by atoms with van der Waals surface area (Å²) in [6.07, 6.45) is -0.00948. The van der Waals surface area contributed by atoms with E-state index in [4.69, 9.17) is 0 Å². The Morgan fingerprint density at radius 1 is 1.35 bits per heavy atom. The van der Waals surface area contributed by atoms with Crippen LogP contribution in [0.25, 0.3) is 0 Å². The average Bonchev–Trinajstić information content (AvgIpc) is 2.37. The lowest BCUT2D eigenvalue weighted by Gasteiger charge is -2.30. The zero-order chi connectivity index (χ0) is 15.5. The summed E-state index contributed by atoms with van der Waals surface area (Å²) in [5.41, 5.74) is 0.799. The number of hydrogen-bond acceptors (Lipinski definition) is 2. The molecule has 0 spiro atoms. The van der Waals surface area contributed by atoms with Gasteiger partial charge in [0, 0.05) is 19.2 Å². The molecule has 1 aromatic rings. The van der Waals surface area contributed by atoms with Gasteiger partial charge in [0.25, 0.3) is 0 Å². The lowest BCUT2D eigenvalue weighted by Crippen LogP contribution is -2.39. The van der Waals surface area contributed by atoms with Crippen LogP contribution in [-0.2, 0) is 9.59 Å². The molecule has 0 aliphatic rings. The fourth-order valence-corrected chi connectivity index (χ4v) is 1.94. The first kappa shape index (κ1) is 16.2. The van der Waals surface area contributed by atoms with Crippen LogP contribution in [0.15, 0.2) is 24.3 Å². The minimum Gasteiger partial charge on any atom is -0.481 e. The standard InChI is InChI=1S/C16H23NO3/c1-11(2)16(4,15(19)20)10-14(18)17(5)13-8-6-7-12(3)9-13/h6-9,11H,10H2,1-5H3,(H,19,20). The van der Waals surface area contributed by atoms with Crippen LogP contribution in [-0.4, -0.2) is 24.0 Å². The van der Waals surface area contributed by atoms with Crippen molar-refractivity contribution in [3.05, 3.63) is 29.8 Å². The van der Waals surface area contributed by atoms with Crippen LogP contribution < -0.4 is 4.90 Å². The Bertz CT molecular complexity index is 510. The number of carbonyl (C=O) groups is 2. The molecule has 20 heavy (non-hydrogen) atoms. The van der Waals surface area contributed by atoms with Crippen molar-refractivity contribution in [2.45, 2.75) is 34.1 Å². The van der Waals surface area contributed by atoms with Gasteiger partial charge in [-0.05, 0) is 37.5 Å². The molecular weight excluding hydrogens is 254 g/mol. The molecule has 0 bridgehead atoms. The van der Waals surface area contributed by atoms with E-state index >= 15 is 0 Å². The van der Waals surface area contributed by atoms with Crippen molar-refractivity contribution in [1.82, 2.24) is 0 Å². The zero-order valence-electron chi connectivity index (χ0n) is 12.8. The van der Waals surface area contributed by atoms with Crippen LogP contribution in [0.1, 0.15) is 32.8 Å². The molecule has 1 N–H and O–H groups in total. The van der Waals surface area contributed by atoms with Gasteiger partial charge in [0.1, 0.15) is 0 Å². The zero-order valence-corrected chi connectivity index (χ0v) is 12.8. The third-order valence-electron chi connectivity index (χ3n) is 4.04. The van der Waals surface area contributed by atoms with Gasteiger partial charge in [-0.15, -0.1) is 0 Å². The molecule has 0 saturated heterocycles. The summed E-state index contributed by atoms with van der Waals surface area (Å²) in [7, 11) is 1.68. The molecule has 0 radical (unpaired) electrons. The van der Waals surface area contributed by atoms with Crippen molar-refractivity contribution in [3.63, 3.8) is 0 Å². The lowest BCUT2D eigenvalue weighted by atomic mass is 9.76. The first-order valence-electron chi connectivity index (χ1n) is 6.75. The molecule has 0 fully saturated rings. The maximum atomic E-state index is 12.3. The monoisotopic (exact) mass is 277 g/mol. The second kappa shape index (κ2) is 6.07. The number of benzene rings is 1. The number of aliphatic carboxylic acids is 1. The lowest BCUT2D eigenvalue weighted by molar-refractivity contribution is -0.153. The molecule has 4 nitrogen and oxygen atoms in total. The van der Waals surface area contributed by atoms with Gasteiger partial charge in [0.15, 0.2) is 0 Å². The van der Waals surface area contributed by atoms with E-state index in [0.29, 0.717) is 0 Å². The van der Waals surface area contributed by atoms with Gasteiger partial charge in [-0.2, -0.15) is 0 Å². The van der Waals surface area contributed by atoms with Crippen LogP contribution in [0.2, 0.25) is 0 Å². The van der Waals surface area contributed by atoms with E-state index in [-0.39, 0.29) is 18.2 Å². The van der Waals surface area contributed by atoms with Gasteiger partial charge < -0.3 is 10.0 Å². The molecular formula is C16H23NO3. The molecule has 0 aromatic heterocycles. The average molecular weight is 277 g/mol. The molecule has 0 heterocycles. The van der Waals surface area contributed by atoms with Crippen LogP contribution in [0.3, 0.4) is 0 Å². The predicted octanol–water partition coefficient (Wildman–Crippen LogP) is 3.09. The van der Waals surface area contributed by atoms with Crippen LogP contribution in [0.4, 0.5) is 5.69 Å². The van der Waals surface area contributed by atoms with Crippen molar-refractivity contribution in [1.29, 1.82) is 0 Å². The summed E-state index contributed by atoms with van der Waals surface area (Å²) in [4.78, 5) is 25.3. The Balaban J connectivity index is 2.93. The number of carboxylic acid groups (broad SMARTS) is 1. The fourth-order valence-electron chi connectivity index (χ4n) is 1.94. The smallest absolute Gasteiger partial charge is 0.310 e. The van der Waals surface area contributed by atoms with E-state index in [0.717, 1.165) is 11.3 Å². The maximum absolute atomic E-state index is 12.3. The molecule has 1 aromatic carbocycles. The second-order valence-corrected chi connectivity index (χ2v) is 5.85. The first-order chi connectivity index (χ1) is 9.18. The quantitative estimate of drug-likeness (QED) is 0.899. The van der Waals surface area contributed by atoms with Gasteiger partial charge in [-0.25, -0.2) is 0 Å².